The molecule has 114 valence electrons. The molecule has 1 aromatic carbocycles. The molecule has 3 rings (SSSR count). The van der Waals surface area contributed by atoms with Gasteiger partial charge >= 0.3 is 5.97 Å². The first-order valence-corrected chi connectivity index (χ1v) is 8.19. The molecule has 1 unspecified atom stereocenters. The zero-order valence-corrected chi connectivity index (χ0v) is 12.9. The first kappa shape index (κ1) is 14.8. The van der Waals surface area contributed by atoms with Gasteiger partial charge in [0, 0.05) is 23.7 Å². The molecule has 6 heteroatoms. The van der Waals surface area contributed by atoms with Gasteiger partial charge in [-0.3, -0.25) is 0 Å². The van der Waals surface area contributed by atoms with Crippen molar-refractivity contribution >= 4 is 23.5 Å². The normalized spacial score (nSPS) is 17.6. The standard InChI is InChI=1S/C16H17N3O2S/c20-16(21)14-8-18-15(9-17-14)19-7-6-12(10-19)11-22-13-4-2-1-3-5-13/h1-5,8-9,12H,6-7,10-11H2,(H,20,21). The molecule has 1 N–H and O–H groups in total. The summed E-state index contributed by atoms with van der Waals surface area (Å²) in [6, 6.07) is 10.4. The van der Waals surface area contributed by atoms with Gasteiger partial charge < -0.3 is 10.0 Å². The van der Waals surface area contributed by atoms with E-state index < -0.39 is 5.97 Å². The summed E-state index contributed by atoms with van der Waals surface area (Å²) in [5, 5.41) is 8.84. The summed E-state index contributed by atoms with van der Waals surface area (Å²) in [6.07, 6.45) is 4.00. The van der Waals surface area contributed by atoms with E-state index in [0.29, 0.717) is 5.92 Å². The van der Waals surface area contributed by atoms with Crippen LogP contribution >= 0.6 is 11.8 Å². The number of aromatic carboxylic acids is 1. The summed E-state index contributed by atoms with van der Waals surface area (Å²) in [5.41, 5.74) is -0.0147. The molecule has 1 aliphatic heterocycles. The first-order chi connectivity index (χ1) is 10.7. The molecule has 1 atom stereocenters. The Bertz CT molecular complexity index is 634. The van der Waals surface area contributed by atoms with Gasteiger partial charge in [-0.1, -0.05) is 18.2 Å². The van der Waals surface area contributed by atoms with Gasteiger partial charge in [-0.15, -0.1) is 11.8 Å². The summed E-state index contributed by atoms with van der Waals surface area (Å²) in [6.45, 7) is 1.89. The Balaban J connectivity index is 1.54. The first-order valence-electron chi connectivity index (χ1n) is 7.20. The zero-order chi connectivity index (χ0) is 15.4. The van der Waals surface area contributed by atoms with Crippen molar-refractivity contribution in [2.24, 2.45) is 5.92 Å². The lowest BCUT2D eigenvalue weighted by Gasteiger charge is -2.17. The van der Waals surface area contributed by atoms with E-state index in [0.717, 1.165) is 31.1 Å². The molecular formula is C16H17N3O2S. The molecule has 22 heavy (non-hydrogen) atoms. The van der Waals surface area contributed by atoms with Crippen molar-refractivity contribution in [1.29, 1.82) is 0 Å². The highest BCUT2D eigenvalue weighted by Gasteiger charge is 2.24. The summed E-state index contributed by atoms with van der Waals surface area (Å²) < 4.78 is 0. The molecule has 1 fully saturated rings. The summed E-state index contributed by atoms with van der Waals surface area (Å²) in [7, 11) is 0. The van der Waals surface area contributed by atoms with Crippen LogP contribution in [0.1, 0.15) is 16.9 Å². The van der Waals surface area contributed by atoms with E-state index in [1.54, 1.807) is 6.20 Å². The Morgan fingerprint density at radius 1 is 1.27 bits per heavy atom. The maximum absolute atomic E-state index is 10.8. The molecule has 0 saturated carbocycles. The van der Waals surface area contributed by atoms with Crippen molar-refractivity contribution in [2.75, 3.05) is 23.7 Å². The molecular weight excluding hydrogens is 298 g/mol. The van der Waals surface area contributed by atoms with Gasteiger partial charge in [0.05, 0.1) is 12.4 Å². The smallest absolute Gasteiger partial charge is 0.356 e. The monoisotopic (exact) mass is 315 g/mol. The van der Waals surface area contributed by atoms with Gasteiger partial charge in [-0.25, -0.2) is 14.8 Å². The third-order valence-electron chi connectivity index (χ3n) is 3.70. The molecule has 0 radical (unpaired) electrons. The Labute approximate surface area is 133 Å². The minimum Gasteiger partial charge on any atom is -0.476 e. The number of carboxylic acid groups (broad SMARTS) is 1. The molecule has 0 amide bonds. The van der Waals surface area contributed by atoms with Crippen LogP contribution in [0, 0.1) is 5.92 Å². The maximum Gasteiger partial charge on any atom is 0.356 e. The van der Waals surface area contributed by atoms with Crippen LogP contribution < -0.4 is 4.90 Å². The van der Waals surface area contributed by atoms with Crippen LogP contribution in [0.25, 0.3) is 0 Å². The maximum atomic E-state index is 10.8. The summed E-state index contributed by atoms with van der Waals surface area (Å²) >= 11 is 1.88. The number of hydrogen-bond acceptors (Lipinski definition) is 5. The van der Waals surface area contributed by atoms with E-state index in [1.807, 2.05) is 17.8 Å². The van der Waals surface area contributed by atoms with E-state index in [4.69, 9.17) is 5.11 Å². The number of anilines is 1. The van der Waals surface area contributed by atoms with Gasteiger partial charge in [-0.2, -0.15) is 0 Å². The van der Waals surface area contributed by atoms with Crippen LogP contribution in [-0.2, 0) is 0 Å². The number of carboxylic acids is 1. The minimum absolute atomic E-state index is 0.0147. The lowest BCUT2D eigenvalue weighted by Crippen LogP contribution is -2.21. The van der Waals surface area contributed by atoms with Crippen LogP contribution in [-0.4, -0.2) is 39.9 Å². The van der Waals surface area contributed by atoms with Gasteiger partial charge in [0.1, 0.15) is 5.82 Å². The SMILES string of the molecule is O=C(O)c1cnc(N2CCC(CSc3ccccc3)C2)cn1. The summed E-state index contributed by atoms with van der Waals surface area (Å²) in [4.78, 5) is 22.4. The Morgan fingerprint density at radius 2 is 2.09 bits per heavy atom. The average molecular weight is 315 g/mol. The fourth-order valence-electron chi connectivity index (χ4n) is 2.50. The predicted molar refractivity (Wildman–Crippen MR) is 86.5 cm³/mol. The quantitative estimate of drug-likeness (QED) is 0.856. The van der Waals surface area contributed by atoms with Gasteiger partial charge in [0.15, 0.2) is 5.69 Å². The molecule has 0 aliphatic carbocycles. The minimum atomic E-state index is -1.04. The number of nitrogens with zero attached hydrogens (tertiary/aromatic N) is 3. The van der Waals surface area contributed by atoms with Crippen LogP contribution in [0.15, 0.2) is 47.6 Å². The van der Waals surface area contributed by atoms with Crippen molar-refractivity contribution < 1.29 is 9.90 Å². The van der Waals surface area contributed by atoms with Crippen molar-refractivity contribution in [3.05, 3.63) is 48.4 Å². The van der Waals surface area contributed by atoms with Gasteiger partial charge in [0.2, 0.25) is 0 Å². The zero-order valence-electron chi connectivity index (χ0n) is 12.1. The molecule has 0 bridgehead atoms. The predicted octanol–water partition coefficient (Wildman–Crippen LogP) is 2.79. The lowest BCUT2D eigenvalue weighted by atomic mass is 10.2. The Morgan fingerprint density at radius 3 is 2.77 bits per heavy atom. The Hall–Kier alpha value is -2.08. The Kier molecular flexibility index (Phi) is 4.58. The number of hydrogen-bond donors (Lipinski definition) is 1. The molecule has 1 saturated heterocycles. The second-order valence-corrected chi connectivity index (χ2v) is 6.38. The van der Waals surface area contributed by atoms with Crippen molar-refractivity contribution in [3.63, 3.8) is 0 Å². The fraction of sp³-hybridized carbons (Fsp3) is 0.312. The van der Waals surface area contributed by atoms with E-state index in [9.17, 15) is 4.79 Å². The molecule has 0 spiro atoms. The van der Waals surface area contributed by atoms with E-state index >= 15 is 0 Å². The highest BCUT2D eigenvalue weighted by atomic mass is 32.2. The fourth-order valence-corrected chi connectivity index (χ4v) is 3.55. The average Bonchev–Trinajstić information content (AvgIpc) is 3.03. The van der Waals surface area contributed by atoms with E-state index in [1.165, 1.54) is 11.1 Å². The number of aromatic nitrogens is 2. The number of carbonyl (C=O) groups is 1. The third-order valence-corrected chi connectivity index (χ3v) is 4.94. The van der Waals surface area contributed by atoms with E-state index in [2.05, 4.69) is 39.1 Å². The topological polar surface area (TPSA) is 66.3 Å². The summed E-state index contributed by atoms with van der Waals surface area (Å²) in [5.74, 6) is 1.42. The van der Waals surface area contributed by atoms with Crippen LogP contribution in [0.2, 0.25) is 0 Å². The van der Waals surface area contributed by atoms with E-state index in [-0.39, 0.29) is 5.69 Å². The second-order valence-electron chi connectivity index (χ2n) is 5.29. The molecule has 2 aromatic rings. The van der Waals surface area contributed by atoms with Crippen molar-refractivity contribution in [3.8, 4) is 0 Å². The number of rotatable bonds is 5. The molecule has 2 heterocycles. The van der Waals surface area contributed by atoms with Crippen molar-refractivity contribution in [2.45, 2.75) is 11.3 Å². The van der Waals surface area contributed by atoms with Gasteiger partial charge in [0.25, 0.3) is 0 Å². The number of thioether (sulfide) groups is 1. The van der Waals surface area contributed by atoms with Gasteiger partial charge in [-0.05, 0) is 24.5 Å². The largest absolute Gasteiger partial charge is 0.476 e. The second kappa shape index (κ2) is 6.79. The van der Waals surface area contributed by atoms with Crippen molar-refractivity contribution in [1.82, 2.24) is 9.97 Å². The highest BCUT2D eigenvalue weighted by Crippen LogP contribution is 2.27. The van der Waals surface area contributed by atoms with Crippen LogP contribution in [0.4, 0.5) is 5.82 Å². The number of benzene rings is 1. The van der Waals surface area contributed by atoms with Crippen LogP contribution in [0.5, 0.6) is 0 Å². The van der Waals surface area contributed by atoms with Crippen LogP contribution in [0.3, 0.4) is 0 Å². The lowest BCUT2D eigenvalue weighted by molar-refractivity contribution is 0.0690. The third kappa shape index (κ3) is 3.57. The molecule has 5 nitrogen and oxygen atoms in total. The molecule has 1 aliphatic rings. The highest BCUT2D eigenvalue weighted by molar-refractivity contribution is 7.99. The molecule has 1 aromatic heterocycles.